The number of H-pyrrole nitrogens is 1. The first-order valence-electron chi connectivity index (χ1n) is 9.28. The molecule has 1 aliphatic rings. The molecule has 0 bridgehead atoms. The van der Waals surface area contributed by atoms with E-state index in [0.29, 0.717) is 29.3 Å². The summed E-state index contributed by atoms with van der Waals surface area (Å²) in [6.07, 6.45) is 12.6. The maximum atomic E-state index is 8.80. The normalized spacial score (nSPS) is 22.4. The lowest BCUT2D eigenvalue weighted by Crippen LogP contribution is -2.07. The fourth-order valence-electron chi connectivity index (χ4n) is 4.17. The zero-order valence-electron chi connectivity index (χ0n) is 15.3. The fraction of sp³-hybridized carbons (Fsp3) is 0.300. The third-order valence-electron chi connectivity index (χ3n) is 5.51. The van der Waals surface area contributed by atoms with Gasteiger partial charge in [-0.25, -0.2) is 24.9 Å². The Morgan fingerprint density at radius 1 is 1.18 bits per heavy atom. The first kappa shape index (κ1) is 16.6. The SMILES string of the molecule is CC1CC(C=Nc2cnc(C#N)cn2)CC1c1ncc2cnc3[nH]ccc3n12. The molecular weight excluding hydrogens is 352 g/mol. The molecule has 0 aromatic carbocycles. The molecule has 3 atom stereocenters. The van der Waals surface area contributed by atoms with E-state index >= 15 is 0 Å². The van der Waals surface area contributed by atoms with Gasteiger partial charge in [0, 0.05) is 18.3 Å². The third kappa shape index (κ3) is 2.72. The van der Waals surface area contributed by atoms with Crippen molar-refractivity contribution in [1.29, 1.82) is 5.26 Å². The van der Waals surface area contributed by atoms with E-state index < -0.39 is 0 Å². The van der Waals surface area contributed by atoms with E-state index in [1.54, 1.807) is 0 Å². The molecule has 5 rings (SSSR count). The highest BCUT2D eigenvalue weighted by molar-refractivity contribution is 5.75. The summed E-state index contributed by atoms with van der Waals surface area (Å²) in [5.41, 5.74) is 3.24. The smallest absolute Gasteiger partial charge is 0.170 e. The van der Waals surface area contributed by atoms with E-state index in [1.807, 2.05) is 36.9 Å². The Balaban J connectivity index is 1.41. The average molecular weight is 370 g/mol. The summed E-state index contributed by atoms with van der Waals surface area (Å²) in [6, 6.07) is 4.01. The second-order valence-electron chi connectivity index (χ2n) is 7.31. The first-order chi connectivity index (χ1) is 13.7. The lowest BCUT2D eigenvalue weighted by atomic mass is 9.97. The maximum absolute atomic E-state index is 8.80. The molecule has 4 aromatic heterocycles. The molecule has 1 aliphatic carbocycles. The monoisotopic (exact) mass is 370 g/mol. The van der Waals surface area contributed by atoms with Crippen molar-refractivity contribution in [3.05, 3.63) is 48.6 Å². The van der Waals surface area contributed by atoms with Crippen LogP contribution in [0, 0.1) is 23.2 Å². The lowest BCUT2D eigenvalue weighted by molar-refractivity contribution is 0.509. The molecule has 0 saturated heterocycles. The highest BCUT2D eigenvalue weighted by Crippen LogP contribution is 2.42. The van der Waals surface area contributed by atoms with Gasteiger partial charge in [0.05, 0.1) is 35.8 Å². The summed E-state index contributed by atoms with van der Waals surface area (Å²) in [7, 11) is 0. The summed E-state index contributed by atoms with van der Waals surface area (Å²) in [5, 5.41) is 8.80. The Morgan fingerprint density at radius 2 is 2.07 bits per heavy atom. The van der Waals surface area contributed by atoms with Gasteiger partial charge >= 0.3 is 0 Å². The van der Waals surface area contributed by atoms with Gasteiger partial charge in [0.15, 0.2) is 17.2 Å². The zero-order chi connectivity index (χ0) is 19.1. The molecule has 0 amide bonds. The van der Waals surface area contributed by atoms with Gasteiger partial charge in [-0.2, -0.15) is 5.26 Å². The minimum atomic E-state index is 0.297. The number of nitrogens with zero attached hydrogens (tertiary/aromatic N) is 7. The average Bonchev–Trinajstić information content (AvgIpc) is 3.43. The Labute approximate surface area is 161 Å². The van der Waals surface area contributed by atoms with Crippen molar-refractivity contribution in [2.24, 2.45) is 16.8 Å². The molecule has 1 N–H and O–H groups in total. The predicted octanol–water partition coefficient (Wildman–Crippen LogP) is 3.40. The van der Waals surface area contributed by atoms with Crippen LogP contribution >= 0.6 is 0 Å². The number of aliphatic imine (C=N–C) groups is 1. The number of imidazole rings is 1. The topological polar surface area (TPSA) is 108 Å². The Kier molecular flexibility index (Phi) is 3.86. The number of nitrogens with one attached hydrogen (secondary N) is 1. The van der Waals surface area contributed by atoms with Crippen LogP contribution in [0.15, 0.2) is 42.0 Å². The van der Waals surface area contributed by atoms with Crippen LogP contribution in [-0.2, 0) is 0 Å². The van der Waals surface area contributed by atoms with Crippen LogP contribution in [0.5, 0.6) is 0 Å². The summed E-state index contributed by atoms with van der Waals surface area (Å²) in [4.78, 5) is 25.0. The van der Waals surface area contributed by atoms with Crippen LogP contribution in [0.25, 0.3) is 16.7 Å². The number of aromatic nitrogens is 6. The molecule has 8 nitrogen and oxygen atoms in total. The summed E-state index contributed by atoms with van der Waals surface area (Å²) in [6.45, 7) is 2.27. The van der Waals surface area contributed by atoms with Crippen molar-refractivity contribution in [1.82, 2.24) is 29.3 Å². The van der Waals surface area contributed by atoms with E-state index in [4.69, 9.17) is 10.2 Å². The molecule has 0 spiro atoms. The molecular formula is C20H18N8. The number of rotatable bonds is 3. The summed E-state index contributed by atoms with van der Waals surface area (Å²) in [5.74, 6) is 2.82. The molecule has 0 aliphatic heterocycles. The molecule has 0 radical (unpaired) electrons. The van der Waals surface area contributed by atoms with Crippen molar-refractivity contribution in [2.75, 3.05) is 0 Å². The Bertz CT molecular complexity index is 1210. The molecule has 28 heavy (non-hydrogen) atoms. The van der Waals surface area contributed by atoms with Crippen molar-refractivity contribution >= 4 is 28.7 Å². The van der Waals surface area contributed by atoms with Crippen LogP contribution in [0.3, 0.4) is 0 Å². The summed E-state index contributed by atoms with van der Waals surface area (Å²) >= 11 is 0. The standard InChI is InChI=1S/C20H18N8/c1-12-4-13(7-24-18-11-23-14(6-21)8-25-18)5-16(12)20-27-10-15-9-26-19-17(28(15)20)2-3-22-19/h2-3,7-13,16,22H,4-5H2,1H3. The van der Waals surface area contributed by atoms with Gasteiger partial charge in [0.25, 0.3) is 0 Å². The Morgan fingerprint density at radius 3 is 2.89 bits per heavy atom. The van der Waals surface area contributed by atoms with Gasteiger partial charge < -0.3 is 4.98 Å². The van der Waals surface area contributed by atoms with Gasteiger partial charge in [-0.1, -0.05) is 6.92 Å². The molecule has 1 fully saturated rings. The molecule has 4 heterocycles. The van der Waals surface area contributed by atoms with Gasteiger partial charge in [-0.05, 0) is 30.7 Å². The number of nitriles is 1. The largest absolute Gasteiger partial charge is 0.345 e. The minimum Gasteiger partial charge on any atom is -0.345 e. The Hall–Kier alpha value is -3.60. The van der Waals surface area contributed by atoms with Crippen molar-refractivity contribution in [3.8, 4) is 6.07 Å². The number of fused-ring (bicyclic) bond motifs is 3. The van der Waals surface area contributed by atoms with E-state index in [-0.39, 0.29) is 0 Å². The van der Waals surface area contributed by atoms with E-state index in [9.17, 15) is 0 Å². The van der Waals surface area contributed by atoms with Crippen molar-refractivity contribution in [2.45, 2.75) is 25.7 Å². The predicted molar refractivity (Wildman–Crippen MR) is 104 cm³/mol. The number of hydrogen-bond acceptors (Lipinski definition) is 6. The van der Waals surface area contributed by atoms with Crippen LogP contribution in [0.1, 0.15) is 37.2 Å². The quantitative estimate of drug-likeness (QED) is 0.556. The second-order valence-corrected chi connectivity index (χ2v) is 7.31. The number of aromatic amines is 1. The number of hydrogen-bond donors (Lipinski definition) is 1. The van der Waals surface area contributed by atoms with Crippen molar-refractivity contribution < 1.29 is 0 Å². The molecule has 1 saturated carbocycles. The van der Waals surface area contributed by atoms with Crippen LogP contribution in [0.2, 0.25) is 0 Å². The van der Waals surface area contributed by atoms with E-state index in [2.05, 4.69) is 36.3 Å². The van der Waals surface area contributed by atoms with Gasteiger partial charge in [0.2, 0.25) is 0 Å². The van der Waals surface area contributed by atoms with Crippen LogP contribution in [0.4, 0.5) is 5.82 Å². The van der Waals surface area contributed by atoms with E-state index in [0.717, 1.165) is 35.3 Å². The van der Waals surface area contributed by atoms with E-state index in [1.165, 1.54) is 12.4 Å². The first-order valence-corrected chi connectivity index (χ1v) is 9.28. The highest BCUT2D eigenvalue weighted by atomic mass is 15.1. The second kappa shape index (κ2) is 6.53. The molecule has 8 heteroatoms. The molecule has 3 unspecified atom stereocenters. The van der Waals surface area contributed by atoms with Gasteiger partial charge in [-0.15, -0.1) is 0 Å². The van der Waals surface area contributed by atoms with Gasteiger partial charge in [-0.3, -0.25) is 4.40 Å². The molecule has 138 valence electrons. The maximum Gasteiger partial charge on any atom is 0.170 e. The third-order valence-corrected chi connectivity index (χ3v) is 5.51. The van der Waals surface area contributed by atoms with Crippen LogP contribution in [-0.4, -0.2) is 35.5 Å². The molecule has 4 aromatic rings. The lowest BCUT2D eigenvalue weighted by Gasteiger charge is -2.14. The van der Waals surface area contributed by atoms with Crippen molar-refractivity contribution in [3.63, 3.8) is 0 Å². The van der Waals surface area contributed by atoms with Gasteiger partial charge in [0.1, 0.15) is 11.9 Å². The minimum absolute atomic E-state index is 0.297. The van der Waals surface area contributed by atoms with Crippen LogP contribution < -0.4 is 0 Å². The fourth-order valence-corrected chi connectivity index (χ4v) is 4.17. The summed E-state index contributed by atoms with van der Waals surface area (Å²) < 4.78 is 2.21. The zero-order valence-corrected chi connectivity index (χ0v) is 15.3. The highest BCUT2D eigenvalue weighted by Gasteiger charge is 2.34.